The first kappa shape index (κ1) is 22.4. The van der Waals surface area contributed by atoms with Gasteiger partial charge in [0.05, 0.1) is 0 Å². The van der Waals surface area contributed by atoms with Gasteiger partial charge in [0, 0.05) is 17.1 Å². The van der Waals surface area contributed by atoms with Crippen molar-refractivity contribution < 1.29 is 36.3 Å². The maximum absolute atomic E-state index is 8.88. The first-order valence-electron chi connectivity index (χ1n) is 0.783. The zero-order chi connectivity index (χ0) is 4.50. The SMILES string of the molecule is O=P(O)(O)O.[CaH2].[Fe].[LiH]. The van der Waals surface area contributed by atoms with Crippen molar-refractivity contribution in [3.8, 4) is 0 Å². The normalized spacial score (nSPS) is 7.38. The van der Waals surface area contributed by atoms with Crippen molar-refractivity contribution in [3.05, 3.63) is 0 Å². The number of hydrogen-bond donors (Lipinski definition) is 3. The molecule has 0 amide bonds. The van der Waals surface area contributed by atoms with E-state index in [-0.39, 0.29) is 73.7 Å². The first-order chi connectivity index (χ1) is 2.00. The van der Waals surface area contributed by atoms with Gasteiger partial charge in [-0.1, -0.05) is 0 Å². The van der Waals surface area contributed by atoms with Crippen molar-refractivity contribution in [3.63, 3.8) is 0 Å². The Hall–Kier alpha value is 2.49. The van der Waals surface area contributed by atoms with E-state index >= 15 is 0 Å². The second-order valence-electron chi connectivity index (χ2n) is 0.513. The van der Waals surface area contributed by atoms with E-state index in [9.17, 15) is 0 Å². The zero-order valence-corrected chi connectivity index (χ0v) is 4.55. The van der Waals surface area contributed by atoms with Crippen LogP contribution in [0.5, 0.6) is 0 Å². The van der Waals surface area contributed by atoms with E-state index in [1.54, 1.807) is 0 Å². The molecule has 0 unspecified atom stereocenters. The van der Waals surface area contributed by atoms with Crippen LogP contribution in [0, 0.1) is 0 Å². The summed E-state index contributed by atoms with van der Waals surface area (Å²) in [6.45, 7) is 0. The van der Waals surface area contributed by atoms with Crippen LogP contribution in [0.15, 0.2) is 0 Å². The minimum absolute atomic E-state index is 0. The van der Waals surface area contributed by atoms with Crippen LogP contribution in [0.4, 0.5) is 0 Å². The molecular formula is H6CaFeLiO4P. The fourth-order valence-electron chi connectivity index (χ4n) is 0. The van der Waals surface area contributed by atoms with Gasteiger partial charge >= 0.3 is 64.4 Å². The van der Waals surface area contributed by atoms with Crippen molar-refractivity contribution in [2.24, 2.45) is 0 Å². The molecule has 0 radical (unpaired) electrons. The number of rotatable bonds is 0. The molecule has 0 atom stereocenters. The molecule has 0 rings (SSSR count). The predicted octanol–water partition coefficient (Wildman–Crippen LogP) is -2.50. The summed E-state index contributed by atoms with van der Waals surface area (Å²) in [5, 5.41) is 0. The summed E-state index contributed by atoms with van der Waals surface area (Å²) in [6, 6.07) is 0. The molecule has 8 heavy (non-hydrogen) atoms. The van der Waals surface area contributed by atoms with Crippen LogP contribution in [0.2, 0.25) is 0 Å². The Morgan fingerprint density at radius 1 is 1.12 bits per heavy atom. The molecule has 3 N–H and O–H groups in total. The quantitative estimate of drug-likeness (QED) is 0.301. The van der Waals surface area contributed by atoms with Crippen molar-refractivity contribution in [2.75, 3.05) is 0 Å². The Bertz CT molecular complexity index is 62.2. The van der Waals surface area contributed by atoms with Gasteiger partial charge in [-0.05, 0) is 0 Å². The molecule has 0 heterocycles. The third-order valence-electron chi connectivity index (χ3n) is 0. The van der Waals surface area contributed by atoms with E-state index in [1.165, 1.54) is 0 Å². The standard InChI is InChI=1S/Ca.Fe.Li.H3O4P.3H/c;;;1-5(2,3)4;;;/h;;;(H3,1,2,3,4);;;. The molecule has 0 aliphatic rings. The first-order valence-corrected chi connectivity index (χ1v) is 2.35. The topological polar surface area (TPSA) is 77.8 Å². The Labute approximate surface area is 99.3 Å². The van der Waals surface area contributed by atoms with E-state index in [2.05, 4.69) is 0 Å². The molecule has 0 aliphatic carbocycles. The molecule has 0 aliphatic heterocycles. The van der Waals surface area contributed by atoms with Gasteiger partial charge in [-0.15, -0.1) is 0 Å². The summed E-state index contributed by atoms with van der Waals surface area (Å²) < 4.78 is 8.88. The van der Waals surface area contributed by atoms with Crippen LogP contribution in [0.25, 0.3) is 0 Å². The van der Waals surface area contributed by atoms with E-state index in [0.717, 1.165) is 0 Å². The molecule has 46 valence electrons. The van der Waals surface area contributed by atoms with Crippen LogP contribution in [-0.2, 0) is 21.6 Å². The Morgan fingerprint density at radius 3 is 1.12 bits per heavy atom. The van der Waals surface area contributed by atoms with Crippen molar-refractivity contribution >= 4 is 64.4 Å². The Balaban J connectivity index is -0.0000000267. The second-order valence-corrected chi connectivity index (χ2v) is 1.54. The molecule has 8 heteroatoms. The van der Waals surface area contributed by atoms with Gasteiger partial charge in [-0.25, -0.2) is 4.57 Å². The monoisotopic (exact) mass is 204 g/mol. The number of phosphoric acid groups is 1. The van der Waals surface area contributed by atoms with Gasteiger partial charge in [0.15, 0.2) is 0 Å². The van der Waals surface area contributed by atoms with Crippen LogP contribution >= 0.6 is 7.82 Å². The van der Waals surface area contributed by atoms with Crippen LogP contribution in [0.3, 0.4) is 0 Å². The van der Waals surface area contributed by atoms with Gasteiger partial charge in [-0.3, -0.25) is 0 Å². The Morgan fingerprint density at radius 2 is 1.12 bits per heavy atom. The van der Waals surface area contributed by atoms with Gasteiger partial charge in [0.1, 0.15) is 0 Å². The second kappa shape index (κ2) is 9.49. The molecule has 0 saturated carbocycles. The van der Waals surface area contributed by atoms with Crippen molar-refractivity contribution in [1.29, 1.82) is 0 Å². The minimum atomic E-state index is -4.64. The maximum atomic E-state index is 8.88. The van der Waals surface area contributed by atoms with E-state index in [1.807, 2.05) is 0 Å². The predicted molar refractivity (Wildman–Crippen MR) is 30.0 cm³/mol. The fourth-order valence-corrected chi connectivity index (χ4v) is 0. The molecule has 0 aromatic heterocycles. The molecular weight excluding hydrogens is 198 g/mol. The molecule has 0 aromatic rings. The summed E-state index contributed by atoms with van der Waals surface area (Å²) >= 11 is 0. The van der Waals surface area contributed by atoms with Gasteiger partial charge in [0.2, 0.25) is 0 Å². The van der Waals surface area contributed by atoms with E-state index < -0.39 is 7.82 Å². The third kappa shape index (κ3) is 76.9. The average molecular weight is 204 g/mol. The summed E-state index contributed by atoms with van der Waals surface area (Å²) in [6.07, 6.45) is 0. The van der Waals surface area contributed by atoms with Crippen LogP contribution in [0.1, 0.15) is 0 Å². The van der Waals surface area contributed by atoms with Crippen molar-refractivity contribution in [1.82, 2.24) is 0 Å². The molecule has 4 nitrogen and oxygen atoms in total. The van der Waals surface area contributed by atoms with Crippen LogP contribution < -0.4 is 0 Å². The summed E-state index contributed by atoms with van der Waals surface area (Å²) in [5.74, 6) is 0. The number of hydrogen-bond acceptors (Lipinski definition) is 1. The third-order valence-corrected chi connectivity index (χ3v) is 0. The molecule has 0 spiro atoms. The average Bonchev–Trinajstić information content (AvgIpc) is 0.722. The van der Waals surface area contributed by atoms with E-state index in [4.69, 9.17) is 19.2 Å². The summed E-state index contributed by atoms with van der Waals surface area (Å²) in [7, 11) is -4.64. The molecule has 0 fully saturated rings. The van der Waals surface area contributed by atoms with Crippen LogP contribution in [-0.4, -0.2) is 71.3 Å². The van der Waals surface area contributed by atoms with Gasteiger partial charge in [0.25, 0.3) is 0 Å². The summed E-state index contributed by atoms with van der Waals surface area (Å²) in [4.78, 5) is 21.6. The summed E-state index contributed by atoms with van der Waals surface area (Å²) in [5.41, 5.74) is 0. The van der Waals surface area contributed by atoms with Gasteiger partial charge in [-0.2, -0.15) is 0 Å². The van der Waals surface area contributed by atoms with Gasteiger partial charge < -0.3 is 14.7 Å². The Kier molecular flexibility index (Phi) is 26.6. The zero-order valence-electron chi connectivity index (χ0n) is 2.55. The molecule has 0 aromatic carbocycles. The van der Waals surface area contributed by atoms with Crippen molar-refractivity contribution in [2.45, 2.75) is 0 Å². The van der Waals surface area contributed by atoms with E-state index in [0.29, 0.717) is 0 Å². The molecule has 0 saturated heterocycles. The fraction of sp³-hybridized carbons (Fsp3) is 0. The molecule has 0 bridgehead atoms.